The lowest BCUT2D eigenvalue weighted by Crippen LogP contribution is -2.31. The Labute approximate surface area is 104 Å². The summed E-state index contributed by atoms with van der Waals surface area (Å²) in [7, 11) is 3.08. The number of carbonyl (C=O) groups excluding carboxylic acids is 1. The molecule has 0 saturated carbocycles. The first-order valence-corrected chi connectivity index (χ1v) is 5.90. The van der Waals surface area contributed by atoms with Gasteiger partial charge in [-0.05, 0) is 12.1 Å². The predicted molar refractivity (Wildman–Crippen MR) is 64.0 cm³/mol. The highest BCUT2D eigenvalue weighted by Crippen LogP contribution is 2.28. The van der Waals surface area contributed by atoms with Crippen molar-refractivity contribution in [3.05, 3.63) is 21.3 Å². The number of carbonyl (C=O) groups is 1. The maximum atomic E-state index is 11.2. The molecule has 1 aromatic rings. The van der Waals surface area contributed by atoms with Crippen LogP contribution < -0.4 is 5.32 Å². The van der Waals surface area contributed by atoms with Crippen LogP contribution in [-0.4, -0.2) is 33.3 Å². The number of halogens is 1. The Morgan fingerprint density at radius 1 is 1.56 bits per heavy atom. The summed E-state index contributed by atoms with van der Waals surface area (Å²) in [5.74, 6) is -0.160. The first-order valence-electron chi connectivity index (χ1n) is 4.71. The van der Waals surface area contributed by atoms with Crippen molar-refractivity contribution in [2.75, 3.05) is 27.4 Å². The van der Waals surface area contributed by atoms with Crippen LogP contribution >= 0.6 is 22.9 Å². The SMILES string of the molecule is COCC(=O)NCC(OC)c1ccc(Cl)s1. The van der Waals surface area contributed by atoms with Crippen LogP contribution in [0.3, 0.4) is 0 Å². The van der Waals surface area contributed by atoms with E-state index >= 15 is 0 Å². The molecule has 6 heteroatoms. The Morgan fingerprint density at radius 2 is 2.31 bits per heavy atom. The first-order chi connectivity index (χ1) is 7.67. The summed E-state index contributed by atoms with van der Waals surface area (Å²) in [6, 6.07) is 3.70. The third kappa shape index (κ3) is 4.09. The van der Waals surface area contributed by atoms with Gasteiger partial charge < -0.3 is 14.8 Å². The molecule has 0 aliphatic carbocycles. The van der Waals surface area contributed by atoms with Crippen LogP contribution in [0.15, 0.2) is 12.1 Å². The molecule has 90 valence electrons. The van der Waals surface area contributed by atoms with Gasteiger partial charge in [-0.2, -0.15) is 0 Å². The molecule has 0 saturated heterocycles. The van der Waals surface area contributed by atoms with Crippen LogP contribution in [0.25, 0.3) is 0 Å². The standard InChI is InChI=1S/C10H14ClNO3S/c1-14-6-10(13)12-5-7(15-2)8-3-4-9(11)16-8/h3-4,7H,5-6H2,1-2H3,(H,12,13). The van der Waals surface area contributed by atoms with Gasteiger partial charge in [-0.3, -0.25) is 4.79 Å². The van der Waals surface area contributed by atoms with Crippen molar-refractivity contribution in [2.45, 2.75) is 6.10 Å². The van der Waals surface area contributed by atoms with E-state index in [0.717, 1.165) is 4.88 Å². The summed E-state index contributed by atoms with van der Waals surface area (Å²) in [4.78, 5) is 12.2. The predicted octanol–water partition coefficient (Wildman–Crippen LogP) is 1.85. The van der Waals surface area contributed by atoms with E-state index in [2.05, 4.69) is 5.32 Å². The molecule has 1 aromatic heterocycles. The molecule has 1 heterocycles. The van der Waals surface area contributed by atoms with Gasteiger partial charge in [0, 0.05) is 25.6 Å². The van der Waals surface area contributed by atoms with Crippen LogP contribution in [0.5, 0.6) is 0 Å². The molecule has 0 aromatic carbocycles. The maximum absolute atomic E-state index is 11.2. The smallest absolute Gasteiger partial charge is 0.246 e. The highest BCUT2D eigenvalue weighted by atomic mass is 35.5. The van der Waals surface area contributed by atoms with Gasteiger partial charge in [0.05, 0.1) is 4.34 Å². The summed E-state index contributed by atoms with van der Waals surface area (Å²) in [6.07, 6.45) is -0.168. The topological polar surface area (TPSA) is 47.6 Å². The van der Waals surface area contributed by atoms with E-state index in [1.54, 1.807) is 7.11 Å². The van der Waals surface area contributed by atoms with Crippen molar-refractivity contribution in [3.63, 3.8) is 0 Å². The Kier molecular flexibility index (Phi) is 5.76. The molecule has 4 nitrogen and oxygen atoms in total. The highest BCUT2D eigenvalue weighted by Gasteiger charge is 2.13. The van der Waals surface area contributed by atoms with Crippen LogP contribution in [-0.2, 0) is 14.3 Å². The highest BCUT2D eigenvalue weighted by molar-refractivity contribution is 7.16. The molecule has 16 heavy (non-hydrogen) atoms. The second kappa shape index (κ2) is 6.85. The zero-order chi connectivity index (χ0) is 12.0. The second-order valence-electron chi connectivity index (χ2n) is 3.10. The molecular formula is C10H14ClNO3S. The summed E-state index contributed by atoms with van der Waals surface area (Å²) in [5.41, 5.74) is 0. The molecular weight excluding hydrogens is 250 g/mol. The van der Waals surface area contributed by atoms with E-state index in [9.17, 15) is 4.79 Å². The molecule has 0 bridgehead atoms. The second-order valence-corrected chi connectivity index (χ2v) is 4.85. The lowest BCUT2D eigenvalue weighted by Gasteiger charge is -2.14. The summed E-state index contributed by atoms with van der Waals surface area (Å²) in [5, 5.41) is 2.72. The lowest BCUT2D eigenvalue weighted by atomic mass is 10.3. The number of rotatable bonds is 6. The molecule has 1 N–H and O–H groups in total. The number of hydrogen-bond acceptors (Lipinski definition) is 4. The first kappa shape index (κ1) is 13.4. The Balaban J connectivity index is 2.46. The minimum absolute atomic E-state index is 0.0572. The van der Waals surface area contributed by atoms with Gasteiger partial charge in [0.2, 0.25) is 5.91 Å². The van der Waals surface area contributed by atoms with E-state index in [1.807, 2.05) is 12.1 Å². The van der Waals surface area contributed by atoms with E-state index in [4.69, 9.17) is 21.1 Å². The van der Waals surface area contributed by atoms with Crippen molar-refractivity contribution in [1.29, 1.82) is 0 Å². The minimum Gasteiger partial charge on any atom is -0.375 e. The van der Waals surface area contributed by atoms with Crippen molar-refractivity contribution in [2.24, 2.45) is 0 Å². The minimum atomic E-state index is -0.168. The van der Waals surface area contributed by atoms with Crippen molar-refractivity contribution in [3.8, 4) is 0 Å². The van der Waals surface area contributed by atoms with Crippen LogP contribution in [0.4, 0.5) is 0 Å². The van der Waals surface area contributed by atoms with Gasteiger partial charge in [-0.1, -0.05) is 11.6 Å². The molecule has 1 rings (SSSR count). The van der Waals surface area contributed by atoms with Gasteiger partial charge >= 0.3 is 0 Å². The number of hydrogen-bond donors (Lipinski definition) is 1. The van der Waals surface area contributed by atoms with E-state index < -0.39 is 0 Å². The molecule has 0 radical (unpaired) electrons. The third-order valence-electron chi connectivity index (χ3n) is 1.96. The van der Waals surface area contributed by atoms with Gasteiger partial charge in [0.15, 0.2) is 0 Å². The molecule has 0 fully saturated rings. The molecule has 1 unspecified atom stereocenters. The van der Waals surface area contributed by atoms with Gasteiger partial charge in [-0.15, -0.1) is 11.3 Å². The molecule has 0 aliphatic heterocycles. The number of amides is 1. The zero-order valence-electron chi connectivity index (χ0n) is 9.16. The zero-order valence-corrected chi connectivity index (χ0v) is 10.7. The van der Waals surface area contributed by atoms with Gasteiger partial charge in [0.1, 0.15) is 12.7 Å². The fourth-order valence-electron chi connectivity index (χ4n) is 1.19. The summed E-state index contributed by atoms with van der Waals surface area (Å²) >= 11 is 7.27. The van der Waals surface area contributed by atoms with Crippen molar-refractivity contribution < 1.29 is 14.3 Å². The van der Waals surface area contributed by atoms with Crippen LogP contribution in [0.1, 0.15) is 11.0 Å². The molecule has 0 aliphatic rings. The van der Waals surface area contributed by atoms with E-state index in [0.29, 0.717) is 10.9 Å². The molecule has 0 spiro atoms. The van der Waals surface area contributed by atoms with Crippen LogP contribution in [0.2, 0.25) is 4.34 Å². The average Bonchev–Trinajstić information content (AvgIpc) is 2.66. The maximum Gasteiger partial charge on any atom is 0.246 e. The monoisotopic (exact) mass is 263 g/mol. The fraction of sp³-hybridized carbons (Fsp3) is 0.500. The van der Waals surface area contributed by atoms with Crippen LogP contribution in [0, 0.1) is 0 Å². The van der Waals surface area contributed by atoms with Gasteiger partial charge in [-0.25, -0.2) is 0 Å². The fourth-order valence-corrected chi connectivity index (χ4v) is 2.33. The number of methoxy groups -OCH3 is 2. The largest absolute Gasteiger partial charge is 0.375 e. The Bertz CT molecular complexity index is 343. The average molecular weight is 264 g/mol. The number of ether oxygens (including phenoxy) is 2. The normalized spacial score (nSPS) is 12.4. The lowest BCUT2D eigenvalue weighted by molar-refractivity contribution is -0.125. The van der Waals surface area contributed by atoms with Crippen molar-refractivity contribution >= 4 is 28.8 Å². The Hall–Kier alpha value is -0.620. The molecule has 1 atom stereocenters. The summed E-state index contributed by atoms with van der Waals surface area (Å²) < 4.78 is 10.7. The quantitative estimate of drug-likeness (QED) is 0.852. The number of nitrogens with one attached hydrogen (secondary N) is 1. The van der Waals surface area contributed by atoms with E-state index in [-0.39, 0.29) is 18.6 Å². The molecule has 1 amide bonds. The van der Waals surface area contributed by atoms with Crippen molar-refractivity contribution in [1.82, 2.24) is 5.32 Å². The number of thiophene rings is 1. The van der Waals surface area contributed by atoms with E-state index in [1.165, 1.54) is 18.4 Å². The third-order valence-corrected chi connectivity index (χ3v) is 3.28. The Morgan fingerprint density at radius 3 is 2.81 bits per heavy atom. The summed E-state index contributed by atoms with van der Waals surface area (Å²) in [6.45, 7) is 0.469. The van der Waals surface area contributed by atoms with Gasteiger partial charge in [0.25, 0.3) is 0 Å².